The summed E-state index contributed by atoms with van der Waals surface area (Å²) in [5.74, 6) is -0.0449. The smallest absolute Gasteiger partial charge is 0.410 e. The van der Waals surface area contributed by atoms with E-state index in [0.29, 0.717) is 19.5 Å². The molecular formula is C14H27NO4. The van der Waals surface area contributed by atoms with Crippen molar-refractivity contribution in [2.45, 2.75) is 58.8 Å². The van der Waals surface area contributed by atoms with Crippen molar-refractivity contribution in [3.8, 4) is 0 Å². The Hall–Kier alpha value is -0.810. The minimum absolute atomic E-state index is 0.131. The van der Waals surface area contributed by atoms with Gasteiger partial charge in [-0.3, -0.25) is 0 Å². The number of piperidine rings is 1. The molecule has 1 aliphatic heterocycles. The van der Waals surface area contributed by atoms with Gasteiger partial charge in [0.25, 0.3) is 0 Å². The van der Waals surface area contributed by atoms with Gasteiger partial charge in [0.05, 0.1) is 0 Å². The van der Waals surface area contributed by atoms with Crippen LogP contribution in [-0.4, -0.2) is 46.2 Å². The minimum Gasteiger partial charge on any atom is -0.444 e. The first kappa shape index (κ1) is 16.2. The predicted octanol–water partition coefficient (Wildman–Crippen LogP) is 1.97. The van der Waals surface area contributed by atoms with E-state index < -0.39 is 11.9 Å². The molecule has 0 aromatic heterocycles. The number of likely N-dealkylation sites (tertiary alicyclic amines) is 1. The van der Waals surface area contributed by atoms with Gasteiger partial charge < -0.3 is 19.8 Å². The second kappa shape index (κ2) is 6.57. The fourth-order valence-corrected chi connectivity index (χ4v) is 2.64. The number of ether oxygens (including phenoxy) is 1. The molecule has 5 nitrogen and oxygen atoms in total. The number of amides is 1. The van der Waals surface area contributed by atoms with E-state index in [2.05, 4.69) is 0 Å². The molecule has 1 amide bonds. The third-order valence-corrected chi connectivity index (χ3v) is 3.57. The first-order chi connectivity index (χ1) is 8.74. The van der Waals surface area contributed by atoms with E-state index in [9.17, 15) is 15.0 Å². The molecular weight excluding hydrogens is 246 g/mol. The van der Waals surface area contributed by atoms with Gasteiger partial charge in [0.2, 0.25) is 0 Å². The van der Waals surface area contributed by atoms with Crippen LogP contribution in [0.15, 0.2) is 0 Å². The lowest BCUT2D eigenvalue weighted by molar-refractivity contribution is -0.109. The molecule has 1 fully saturated rings. The average molecular weight is 273 g/mol. The van der Waals surface area contributed by atoms with Gasteiger partial charge in [-0.25, -0.2) is 4.79 Å². The van der Waals surface area contributed by atoms with Crippen molar-refractivity contribution in [2.75, 3.05) is 13.1 Å². The molecule has 112 valence electrons. The number of rotatable bonds is 3. The lowest BCUT2D eigenvalue weighted by Gasteiger charge is -2.37. The fourth-order valence-electron chi connectivity index (χ4n) is 2.64. The summed E-state index contributed by atoms with van der Waals surface area (Å²) in [4.78, 5) is 13.7. The van der Waals surface area contributed by atoms with E-state index in [1.54, 1.807) is 4.90 Å². The molecule has 0 spiro atoms. The van der Waals surface area contributed by atoms with Crippen molar-refractivity contribution in [1.82, 2.24) is 4.90 Å². The Morgan fingerprint density at radius 2 is 2.05 bits per heavy atom. The average Bonchev–Trinajstić information content (AvgIpc) is 2.27. The summed E-state index contributed by atoms with van der Waals surface area (Å²) in [6.45, 7) is 8.71. The SMILES string of the molecule is CCC(C(O)O)C1CCCN(C(=O)OC(C)(C)C)C1. The van der Waals surface area contributed by atoms with Crippen molar-refractivity contribution >= 4 is 6.09 Å². The van der Waals surface area contributed by atoms with Gasteiger partial charge >= 0.3 is 6.09 Å². The van der Waals surface area contributed by atoms with Crippen LogP contribution in [0.1, 0.15) is 47.0 Å². The third kappa shape index (κ3) is 4.99. The number of carbonyl (C=O) groups excluding carboxylic acids is 1. The van der Waals surface area contributed by atoms with Gasteiger partial charge in [0.1, 0.15) is 5.60 Å². The van der Waals surface area contributed by atoms with Crippen LogP contribution in [-0.2, 0) is 4.74 Å². The summed E-state index contributed by atoms with van der Waals surface area (Å²) >= 11 is 0. The molecule has 2 unspecified atom stereocenters. The van der Waals surface area contributed by atoms with Crippen LogP contribution < -0.4 is 0 Å². The van der Waals surface area contributed by atoms with Crippen LogP contribution in [0.25, 0.3) is 0 Å². The van der Waals surface area contributed by atoms with Crippen LogP contribution in [0.4, 0.5) is 4.79 Å². The van der Waals surface area contributed by atoms with E-state index in [1.165, 1.54) is 0 Å². The van der Waals surface area contributed by atoms with Gasteiger partial charge in [-0.1, -0.05) is 6.92 Å². The Kier molecular flexibility index (Phi) is 5.62. The Bertz CT molecular complexity index is 298. The van der Waals surface area contributed by atoms with E-state index in [1.807, 2.05) is 27.7 Å². The monoisotopic (exact) mass is 273 g/mol. The first-order valence-electron chi connectivity index (χ1n) is 7.08. The number of hydrogen-bond acceptors (Lipinski definition) is 4. The summed E-state index contributed by atoms with van der Waals surface area (Å²) in [6, 6.07) is 0. The van der Waals surface area contributed by atoms with Crippen molar-refractivity contribution < 1.29 is 19.7 Å². The standard InChI is InChI=1S/C14H27NO4/c1-5-11(12(16)17)10-7-6-8-15(9-10)13(18)19-14(2,3)4/h10-12,16-17H,5-9H2,1-4H3. The van der Waals surface area contributed by atoms with Gasteiger partial charge in [0, 0.05) is 19.0 Å². The van der Waals surface area contributed by atoms with E-state index in [0.717, 1.165) is 12.8 Å². The maximum absolute atomic E-state index is 12.0. The molecule has 0 aromatic rings. The molecule has 1 aliphatic rings. The Labute approximate surface area is 115 Å². The van der Waals surface area contributed by atoms with Gasteiger partial charge in [-0.05, 0) is 46.0 Å². The zero-order chi connectivity index (χ0) is 14.6. The molecule has 1 rings (SSSR count). The number of aliphatic hydroxyl groups excluding tert-OH is 1. The highest BCUT2D eigenvalue weighted by molar-refractivity contribution is 5.68. The summed E-state index contributed by atoms with van der Waals surface area (Å²) in [6.07, 6.45) is 0.889. The molecule has 0 aromatic carbocycles. The maximum Gasteiger partial charge on any atom is 0.410 e. The normalized spacial score (nSPS) is 22.5. The van der Waals surface area contributed by atoms with Gasteiger partial charge in [0.15, 0.2) is 6.29 Å². The zero-order valence-electron chi connectivity index (χ0n) is 12.4. The van der Waals surface area contributed by atoms with Crippen LogP contribution in [0, 0.1) is 11.8 Å². The lowest BCUT2D eigenvalue weighted by Crippen LogP contribution is -2.46. The molecule has 1 heterocycles. The number of aliphatic hydroxyl groups is 2. The molecule has 2 atom stereocenters. The maximum atomic E-state index is 12.0. The molecule has 0 saturated carbocycles. The third-order valence-electron chi connectivity index (χ3n) is 3.57. The first-order valence-corrected chi connectivity index (χ1v) is 7.08. The molecule has 19 heavy (non-hydrogen) atoms. The Morgan fingerprint density at radius 3 is 2.53 bits per heavy atom. The molecule has 0 aliphatic carbocycles. The number of nitrogens with zero attached hydrogens (tertiary/aromatic N) is 1. The van der Waals surface area contributed by atoms with Crippen molar-refractivity contribution in [3.63, 3.8) is 0 Å². The van der Waals surface area contributed by atoms with E-state index in [-0.39, 0.29) is 17.9 Å². The van der Waals surface area contributed by atoms with Crippen LogP contribution in [0.5, 0.6) is 0 Å². The fraction of sp³-hybridized carbons (Fsp3) is 0.929. The minimum atomic E-state index is -1.31. The highest BCUT2D eigenvalue weighted by atomic mass is 16.6. The summed E-state index contributed by atoms with van der Waals surface area (Å²) < 4.78 is 5.36. The van der Waals surface area contributed by atoms with Gasteiger partial charge in [-0.2, -0.15) is 0 Å². The predicted molar refractivity (Wildman–Crippen MR) is 72.5 cm³/mol. The molecule has 0 radical (unpaired) electrons. The number of hydrogen-bond donors (Lipinski definition) is 2. The Balaban J connectivity index is 2.61. The second-order valence-corrected chi connectivity index (χ2v) is 6.31. The second-order valence-electron chi connectivity index (χ2n) is 6.31. The summed E-state index contributed by atoms with van der Waals surface area (Å²) in [5, 5.41) is 18.8. The quantitative estimate of drug-likeness (QED) is 0.771. The van der Waals surface area contributed by atoms with E-state index >= 15 is 0 Å². The summed E-state index contributed by atoms with van der Waals surface area (Å²) in [5.41, 5.74) is -0.495. The van der Waals surface area contributed by atoms with Crippen molar-refractivity contribution in [2.24, 2.45) is 11.8 Å². The number of carbonyl (C=O) groups is 1. The largest absolute Gasteiger partial charge is 0.444 e. The van der Waals surface area contributed by atoms with Crippen molar-refractivity contribution in [1.29, 1.82) is 0 Å². The Morgan fingerprint density at radius 1 is 1.42 bits per heavy atom. The molecule has 2 N–H and O–H groups in total. The van der Waals surface area contributed by atoms with Crippen LogP contribution in [0.3, 0.4) is 0 Å². The summed E-state index contributed by atoms with van der Waals surface area (Å²) in [7, 11) is 0. The highest BCUT2D eigenvalue weighted by Crippen LogP contribution is 2.28. The van der Waals surface area contributed by atoms with Crippen LogP contribution >= 0.6 is 0 Å². The van der Waals surface area contributed by atoms with Crippen molar-refractivity contribution in [3.05, 3.63) is 0 Å². The van der Waals surface area contributed by atoms with Gasteiger partial charge in [-0.15, -0.1) is 0 Å². The molecule has 1 saturated heterocycles. The lowest BCUT2D eigenvalue weighted by atomic mass is 9.83. The molecule has 0 bridgehead atoms. The van der Waals surface area contributed by atoms with E-state index in [4.69, 9.17) is 4.74 Å². The van der Waals surface area contributed by atoms with Crippen LogP contribution in [0.2, 0.25) is 0 Å². The zero-order valence-corrected chi connectivity index (χ0v) is 12.4. The topological polar surface area (TPSA) is 70.0 Å². The molecule has 5 heteroatoms. The highest BCUT2D eigenvalue weighted by Gasteiger charge is 2.33.